The Balaban J connectivity index is 2.05. The number of hydrogen-bond donors (Lipinski definition) is 1. The zero-order valence-electron chi connectivity index (χ0n) is 10.9. The number of hydrogen-bond acceptors (Lipinski definition) is 1. The number of rotatable bonds is 4. The fourth-order valence-electron chi connectivity index (χ4n) is 2.20. The fourth-order valence-corrected chi connectivity index (χ4v) is 2.60. The second-order valence-electron chi connectivity index (χ2n) is 4.89. The van der Waals surface area contributed by atoms with Crippen LogP contribution in [0.2, 0.25) is 0 Å². The molecule has 2 rings (SSSR count). The second kappa shape index (κ2) is 6.31. The summed E-state index contributed by atoms with van der Waals surface area (Å²) in [6, 6.07) is 13.0. The molecular weight excluding hydrogens is 305 g/mol. The van der Waals surface area contributed by atoms with Crippen LogP contribution in [0.3, 0.4) is 0 Å². The van der Waals surface area contributed by atoms with Gasteiger partial charge in [0, 0.05) is 10.5 Å². The summed E-state index contributed by atoms with van der Waals surface area (Å²) >= 11 is 3.43. The first-order valence-corrected chi connectivity index (χ1v) is 7.09. The standard InChI is InChI=1S/C16H17BrFN/c1-11-3-2-4-12(7-11)8-15(19)10-13-9-14(18)5-6-16(13)17/h2-7,9,15H,8,10,19H2,1H3. The Kier molecular flexibility index (Phi) is 4.72. The van der Waals surface area contributed by atoms with Crippen LogP contribution in [0.15, 0.2) is 46.9 Å². The van der Waals surface area contributed by atoms with Crippen molar-refractivity contribution >= 4 is 15.9 Å². The van der Waals surface area contributed by atoms with Gasteiger partial charge in [-0.1, -0.05) is 45.8 Å². The number of aryl methyl sites for hydroxylation is 1. The molecule has 0 fully saturated rings. The number of nitrogens with two attached hydrogens (primary N) is 1. The van der Waals surface area contributed by atoms with Crippen molar-refractivity contribution in [3.63, 3.8) is 0 Å². The zero-order chi connectivity index (χ0) is 13.8. The van der Waals surface area contributed by atoms with E-state index >= 15 is 0 Å². The molecule has 0 radical (unpaired) electrons. The predicted octanol–water partition coefficient (Wildman–Crippen LogP) is 4.01. The van der Waals surface area contributed by atoms with Crippen molar-refractivity contribution < 1.29 is 4.39 Å². The molecule has 0 aliphatic rings. The van der Waals surface area contributed by atoms with Crippen LogP contribution in [0.1, 0.15) is 16.7 Å². The van der Waals surface area contributed by atoms with Crippen LogP contribution in [-0.2, 0) is 12.8 Å². The SMILES string of the molecule is Cc1cccc(CC(N)Cc2cc(F)ccc2Br)c1. The maximum atomic E-state index is 13.2. The van der Waals surface area contributed by atoms with E-state index in [1.165, 1.54) is 17.2 Å². The summed E-state index contributed by atoms with van der Waals surface area (Å²) in [5.41, 5.74) is 9.54. The Hall–Kier alpha value is -1.19. The smallest absolute Gasteiger partial charge is 0.123 e. The van der Waals surface area contributed by atoms with Gasteiger partial charge in [0.25, 0.3) is 0 Å². The highest BCUT2D eigenvalue weighted by Gasteiger charge is 2.09. The zero-order valence-corrected chi connectivity index (χ0v) is 12.5. The molecule has 2 N–H and O–H groups in total. The van der Waals surface area contributed by atoms with Crippen molar-refractivity contribution in [2.75, 3.05) is 0 Å². The molecule has 0 spiro atoms. The first kappa shape index (κ1) is 14.2. The van der Waals surface area contributed by atoms with Gasteiger partial charge in [-0.15, -0.1) is 0 Å². The summed E-state index contributed by atoms with van der Waals surface area (Å²) < 4.78 is 14.1. The molecule has 0 saturated carbocycles. The van der Waals surface area contributed by atoms with Gasteiger partial charge in [-0.05, 0) is 49.1 Å². The third-order valence-electron chi connectivity index (χ3n) is 3.07. The summed E-state index contributed by atoms with van der Waals surface area (Å²) in [7, 11) is 0. The monoisotopic (exact) mass is 321 g/mol. The van der Waals surface area contributed by atoms with E-state index in [9.17, 15) is 4.39 Å². The molecule has 0 aromatic heterocycles. The highest BCUT2D eigenvalue weighted by atomic mass is 79.9. The van der Waals surface area contributed by atoms with Gasteiger partial charge >= 0.3 is 0 Å². The summed E-state index contributed by atoms with van der Waals surface area (Å²) in [4.78, 5) is 0. The summed E-state index contributed by atoms with van der Waals surface area (Å²) in [6.07, 6.45) is 1.46. The molecule has 19 heavy (non-hydrogen) atoms. The van der Waals surface area contributed by atoms with Crippen LogP contribution in [0, 0.1) is 12.7 Å². The Morgan fingerprint density at radius 1 is 1.16 bits per heavy atom. The number of halogens is 2. The molecule has 1 unspecified atom stereocenters. The Labute approximate surface area is 121 Å². The van der Waals surface area contributed by atoms with E-state index in [0.717, 1.165) is 16.5 Å². The second-order valence-corrected chi connectivity index (χ2v) is 5.75. The van der Waals surface area contributed by atoms with E-state index in [1.807, 2.05) is 6.07 Å². The molecule has 0 amide bonds. The molecule has 2 aromatic rings. The van der Waals surface area contributed by atoms with E-state index in [4.69, 9.17) is 5.73 Å². The summed E-state index contributed by atoms with van der Waals surface area (Å²) in [6.45, 7) is 2.07. The van der Waals surface area contributed by atoms with Crippen molar-refractivity contribution in [3.05, 3.63) is 69.4 Å². The molecule has 0 saturated heterocycles. The fraction of sp³-hybridized carbons (Fsp3) is 0.250. The molecule has 0 aliphatic carbocycles. The number of benzene rings is 2. The molecule has 100 valence electrons. The van der Waals surface area contributed by atoms with Gasteiger partial charge in [0.1, 0.15) is 5.82 Å². The predicted molar refractivity (Wildman–Crippen MR) is 80.7 cm³/mol. The molecule has 0 heterocycles. The van der Waals surface area contributed by atoms with E-state index in [-0.39, 0.29) is 11.9 Å². The van der Waals surface area contributed by atoms with Crippen LogP contribution in [0.25, 0.3) is 0 Å². The highest BCUT2D eigenvalue weighted by Crippen LogP contribution is 2.20. The van der Waals surface area contributed by atoms with Crippen molar-refractivity contribution in [3.8, 4) is 0 Å². The quantitative estimate of drug-likeness (QED) is 0.904. The van der Waals surface area contributed by atoms with Gasteiger partial charge < -0.3 is 5.73 Å². The van der Waals surface area contributed by atoms with Crippen LogP contribution in [-0.4, -0.2) is 6.04 Å². The Bertz CT molecular complexity index is 568. The van der Waals surface area contributed by atoms with Gasteiger partial charge in [0.05, 0.1) is 0 Å². The Morgan fingerprint density at radius 2 is 1.95 bits per heavy atom. The minimum atomic E-state index is -0.221. The topological polar surface area (TPSA) is 26.0 Å². The molecule has 1 atom stereocenters. The third-order valence-corrected chi connectivity index (χ3v) is 3.84. The minimum absolute atomic E-state index is 0.0140. The van der Waals surface area contributed by atoms with E-state index in [1.54, 1.807) is 12.1 Å². The van der Waals surface area contributed by atoms with Crippen molar-refractivity contribution in [1.29, 1.82) is 0 Å². The average Bonchev–Trinajstić information content (AvgIpc) is 2.34. The lowest BCUT2D eigenvalue weighted by molar-refractivity contribution is 0.617. The van der Waals surface area contributed by atoms with Crippen molar-refractivity contribution in [2.45, 2.75) is 25.8 Å². The van der Waals surface area contributed by atoms with Crippen LogP contribution < -0.4 is 5.73 Å². The van der Waals surface area contributed by atoms with E-state index < -0.39 is 0 Å². The maximum Gasteiger partial charge on any atom is 0.123 e. The lowest BCUT2D eigenvalue weighted by atomic mass is 9.99. The van der Waals surface area contributed by atoms with Crippen LogP contribution in [0.4, 0.5) is 4.39 Å². The average molecular weight is 322 g/mol. The van der Waals surface area contributed by atoms with Gasteiger partial charge in [-0.3, -0.25) is 0 Å². The molecule has 0 aliphatic heterocycles. The maximum absolute atomic E-state index is 13.2. The van der Waals surface area contributed by atoms with Crippen molar-refractivity contribution in [2.24, 2.45) is 5.73 Å². The van der Waals surface area contributed by atoms with Gasteiger partial charge in [-0.25, -0.2) is 4.39 Å². The normalized spacial score (nSPS) is 12.4. The summed E-state index contributed by atoms with van der Waals surface area (Å²) in [5.74, 6) is -0.221. The highest BCUT2D eigenvalue weighted by molar-refractivity contribution is 9.10. The van der Waals surface area contributed by atoms with Crippen LogP contribution in [0.5, 0.6) is 0 Å². The Morgan fingerprint density at radius 3 is 2.68 bits per heavy atom. The summed E-state index contributed by atoms with van der Waals surface area (Å²) in [5, 5.41) is 0. The third kappa shape index (κ3) is 4.15. The molecular formula is C16H17BrFN. The van der Waals surface area contributed by atoms with Crippen LogP contribution >= 0.6 is 15.9 Å². The van der Waals surface area contributed by atoms with E-state index in [0.29, 0.717) is 6.42 Å². The van der Waals surface area contributed by atoms with E-state index in [2.05, 4.69) is 41.1 Å². The molecule has 0 bridgehead atoms. The lowest BCUT2D eigenvalue weighted by Crippen LogP contribution is -2.25. The first-order chi connectivity index (χ1) is 9.04. The first-order valence-electron chi connectivity index (χ1n) is 6.29. The van der Waals surface area contributed by atoms with Gasteiger partial charge in [0.2, 0.25) is 0 Å². The molecule has 3 heteroatoms. The molecule has 2 aromatic carbocycles. The van der Waals surface area contributed by atoms with Gasteiger partial charge in [0.15, 0.2) is 0 Å². The molecule has 1 nitrogen and oxygen atoms in total. The minimum Gasteiger partial charge on any atom is -0.327 e. The van der Waals surface area contributed by atoms with Gasteiger partial charge in [-0.2, -0.15) is 0 Å². The lowest BCUT2D eigenvalue weighted by Gasteiger charge is -2.13. The largest absolute Gasteiger partial charge is 0.327 e. The van der Waals surface area contributed by atoms with Crippen molar-refractivity contribution in [1.82, 2.24) is 0 Å².